The van der Waals surface area contributed by atoms with Gasteiger partial charge in [-0.1, -0.05) is 18.2 Å². The summed E-state index contributed by atoms with van der Waals surface area (Å²) in [5.74, 6) is -0.506. The van der Waals surface area contributed by atoms with Crippen LogP contribution < -0.4 is 20.1 Å². The number of amides is 2. The van der Waals surface area contributed by atoms with Crippen LogP contribution in [0.25, 0.3) is 0 Å². The van der Waals surface area contributed by atoms with Crippen molar-refractivity contribution in [1.29, 1.82) is 0 Å². The van der Waals surface area contributed by atoms with Crippen LogP contribution in [0.5, 0.6) is 5.75 Å². The quantitative estimate of drug-likeness (QED) is 0.329. The van der Waals surface area contributed by atoms with E-state index in [1.807, 2.05) is 0 Å². The standard InChI is InChI=1S/C19H22N4O7S/c1-20-18(23-19(25)29-3)22-16-11-13(9-10-15(16)21-17(24)12-28-2)30-31(26,27)14-7-5-4-6-8-14/h4-11H,12H2,1-3H3,(H,21,24)(H2,20,22,23,25). The van der Waals surface area contributed by atoms with E-state index in [2.05, 4.69) is 25.7 Å². The number of carbonyl (C=O) groups excluding carboxylic acids is 2. The van der Waals surface area contributed by atoms with Crippen LogP contribution in [-0.4, -0.2) is 54.3 Å². The number of benzene rings is 2. The molecule has 0 aromatic heterocycles. The fraction of sp³-hybridized carbons (Fsp3) is 0.211. The van der Waals surface area contributed by atoms with Gasteiger partial charge in [0.15, 0.2) is 0 Å². The van der Waals surface area contributed by atoms with Gasteiger partial charge in [-0.25, -0.2) is 4.79 Å². The number of rotatable bonds is 7. The Morgan fingerprint density at radius 2 is 1.71 bits per heavy atom. The molecule has 3 N–H and O–H groups in total. The van der Waals surface area contributed by atoms with Gasteiger partial charge < -0.3 is 24.3 Å². The van der Waals surface area contributed by atoms with E-state index in [-0.39, 0.29) is 34.6 Å². The van der Waals surface area contributed by atoms with Gasteiger partial charge in [0.2, 0.25) is 11.9 Å². The predicted octanol–water partition coefficient (Wildman–Crippen LogP) is 1.79. The van der Waals surface area contributed by atoms with Crippen molar-refractivity contribution in [3.8, 4) is 5.75 Å². The van der Waals surface area contributed by atoms with Gasteiger partial charge in [0.25, 0.3) is 0 Å². The number of ether oxygens (including phenoxy) is 2. The van der Waals surface area contributed by atoms with Crippen molar-refractivity contribution in [3.05, 3.63) is 48.5 Å². The van der Waals surface area contributed by atoms with Gasteiger partial charge in [-0.2, -0.15) is 8.42 Å². The first-order valence-electron chi connectivity index (χ1n) is 8.80. The summed E-state index contributed by atoms with van der Waals surface area (Å²) in [7, 11) is -0.133. The molecule has 2 aromatic carbocycles. The number of guanidine groups is 1. The summed E-state index contributed by atoms with van der Waals surface area (Å²) in [5, 5.41) is 7.73. The first-order chi connectivity index (χ1) is 14.8. The number of anilines is 2. The summed E-state index contributed by atoms with van der Waals surface area (Å²) in [5.41, 5.74) is 0.460. The second-order valence-corrected chi connectivity index (χ2v) is 7.40. The van der Waals surface area contributed by atoms with Crippen molar-refractivity contribution in [3.63, 3.8) is 0 Å². The van der Waals surface area contributed by atoms with Crippen LogP contribution in [0.2, 0.25) is 0 Å². The SMILES string of the molecule is CN=C(NC(=O)OC)Nc1cc(OS(=O)(=O)c2ccccc2)ccc1NC(=O)COC. The van der Waals surface area contributed by atoms with Crippen molar-refractivity contribution in [2.75, 3.05) is 38.5 Å². The lowest BCUT2D eigenvalue weighted by Crippen LogP contribution is -2.36. The summed E-state index contributed by atoms with van der Waals surface area (Å²) < 4.78 is 39.5. The molecule has 2 aromatic rings. The van der Waals surface area contributed by atoms with E-state index in [0.717, 1.165) is 0 Å². The largest absolute Gasteiger partial charge is 0.453 e. The second kappa shape index (κ2) is 10.9. The van der Waals surface area contributed by atoms with Gasteiger partial charge in [-0.3, -0.25) is 15.1 Å². The highest BCUT2D eigenvalue weighted by Crippen LogP contribution is 2.29. The molecule has 0 heterocycles. The van der Waals surface area contributed by atoms with Gasteiger partial charge in [0.1, 0.15) is 17.3 Å². The number of alkyl carbamates (subject to hydrolysis) is 1. The molecule has 0 saturated carbocycles. The third-order valence-electron chi connectivity index (χ3n) is 3.66. The number of nitrogens with zero attached hydrogens (tertiary/aromatic N) is 1. The molecule has 166 valence electrons. The minimum atomic E-state index is -4.09. The Hall–Kier alpha value is -3.64. The summed E-state index contributed by atoms with van der Waals surface area (Å²) >= 11 is 0. The number of carbonyl (C=O) groups is 2. The van der Waals surface area contributed by atoms with Gasteiger partial charge in [-0.05, 0) is 24.3 Å². The van der Waals surface area contributed by atoms with Crippen LogP contribution in [0, 0.1) is 0 Å². The minimum Gasteiger partial charge on any atom is -0.453 e. The summed E-state index contributed by atoms with van der Waals surface area (Å²) in [6.07, 6.45) is -0.780. The molecule has 0 radical (unpaired) electrons. The van der Waals surface area contributed by atoms with Gasteiger partial charge in [0, 0.05) is 20.2 Å². The van der Waals surface area contributed by atoms with Crippen LogP contribution in [0.3, 0.4) is 0 Å². The Labute approximate surface area is 179 Å². The van der Waals surface area contributed by atoms with Gasteiger partial charge in [0.05, 0.1) is 18.5 Å². The Morgan fingerprint density at radius 3 is 2.32 bits per heavy atom. The molecule has 0 aliphatic rings. The second-order valence-electron chi connectivity index (χ2n) is 5.85. The number of hydrogen-bond donors (Lipinski definition) is 3. The number of methoxy groups -OCH3 is 2. The average molecular weight is 450 g/mol. The minimum absolute atomic E-state index is 0.0165. The van der Waals surface area contributed by atoms with E-state index in [9.17, 15) is 18.0 Å². The van der Waals surface area contributed by atoms with Gasteiger partial charge in [-0.15, -0.1) is 0 Å². The molecule has 0 aliphatic carbocycles. The van der Waals surface area contributed by atoms with Crippen molar-refractivity contribution < 1.29 is 31.7 Å². The summed E-state index contributed by atoms with van der Waals surface area (Å²) in [6, 6.07) is 11.7. The molecule has 0 spiro atoms. The molecule has 11 nitrogen and oxygen atoms in total. The molecule has 0 bridgehead atoms. The zero-order valence-electron chi connectivity index (χ0n) is 17.0. The van der Waals surface area contributed by atoms with E-state index in [4.69, 9.17) is 8.92 Å². The maximum atomic E-state index is 12.5. The third kappa shape index (κ3) is 6.97. The Balaban J connectivity index is 2.36. The average Bonchev–Trinajstić information content (AvgIpc) is 2.75. The fourth-order valence-electron chi connectivity index (χ4n) is 2.29. The number of hydrogen-bond acceptors (Lipinski definition) is 8. The van der Waals surface area contributed by atoms with Crippen LogP contribution >= 0.6 is 0 Å². The van der Waals surface area contributed by atoms with Crippen LogP contribution in [0.1, 0.15) is 0 Å². The highest BCUT2D eigenvalue weighted by atomic mass is 32.2. The topological polar surface area (TPSA) is 144 Å². The number of aliphatic imine (C=N–C) groups is 1. The Kier molecular flexibility index (Phi) is 8.34. The summed E-state index contributed by atoms with van der Waals surface area (Å²) in [4.78, 5) is 27.3. The molecule has 0 aliphatic heterocycles. The van der Waals surface area contributed by atoms with E-state index >= 15 is 0 Å². The van der Waals surface area contributed by atoms with Crippen molar-refractivity contribution in [1.82, 2.24) is 5.32 Å². The lowest BCUT2D eigenvalue weighted by Gasteiger charge is -2.16. The molecular weight excluding hydrogens is 428 g/mol. The molecule has 0 unspecified atom stereocenters. The van der Waals surface area contributed by atoms with Crippen molar-refractivity contribution >= 4 is 39.5 Å². The van der Waals surface area contributed by atoms with Crippen molar-refractivity contribution in [2.45, 2.75) is 4.90 Å². The van der Waals surface area contributed by atoms with Crippen molar-refractivity contribution in [2.24, 2.45) is 4.99 Å². The highest BCUT2D eigenvalue weighted by molar-refractivity contribution is 7.87. The normalized spacial score (nSPS) is 11.4. The maximum Gasteiger partial charge on any atom is 0.413 e. The monoisotopic (exact) mass is 450 g/mol. The van der Waals surface area contributed by atoms with Gasteiger partial charge >= 0.3 is 16.2 Å². The van der Waals surface area contributed by atoms with Crippen LogP contribution in [-0.2, 0) is 24.4 Å². The van der Waals surface area contributed by atoms with E-state index in [0.29, 0.717) is 0 Å². The maximum absolute atomic E-state index is 12.5. The fourth-order valence-corrected chi connectivity index (χ4v) is 3.23. The number of nitrogens with one attached hydrogen (secondary N) is 3. The molecule has 0 saturated heterocycles. The molecule has 2 amide bonds. The van der Waals surface area contributed by atoms with E-state index in [1.54, 1.807) is 18.2 Å². The zero-order chi connectivity index (χ0) is 22.9. The predicted molar refractivity (Wildman–Crippen MR) is 114 cm³/mol. The third-order valence-corrected chi connectivity index (χ3v) is 4.92. The first-order valence-corrected chi connectivity index (χ1v) is 10.2. The lowest BCUT2D eigenvalue weighted by molar-refractivity contribution is -0.119. The molecule has 12 heteroatoms. The van der Waals surface area contributed by atoms with E-state index in [1.165, 1.54) is 51.6 Å². The van der Waals surface area contributed by atoms with Crippen LogP contribution in [0.4, 0.5) is 16.2 Å². The molecule has 0 fully saturated rings. The smallest absolute Gasteiger partial charge is 0.413 e. The highest BCUT2D eigenvalue weighted by Gasteiger charge is 2.18. The Morgan fingerprint density at radius 1 is 1.00 bits per heavy atom. The zero-order valence-corrected chi connectivity index (χ0v) is 17.9. The van der Waals surface area contributed by atoms with Crippen LogP contribution in [0.15, 0.2) is 58.4 Å². The Bertz CT molecular complexity index is 1060. The lowest BCUT2D eigenvalue weighted by atomic mass is 10.2. The molecule has 31 heavy (non-hydrogen) atoms. The van der Waals surface area contributed by atoms with E-state index < -0.39 is 22.1 Å². The molecule has 0 atom stereocenters. The molecule has 2 rings (SSSR count). The summed E-state index contributed by atoms with van der Waals surface area (Å²) in [6.45, 7) is -0.199. The first kappa shape index (κ1) is 23.6. The molecular formula is C19H22N4O7S.